The minimum atomic E-state index is -2.79. The molecule has 0 atom stereocenters. The van der Waals surface area contributed by atoms with Gasteiger partial charge in [0.15, 0.2) is 0 Å². The topological polar surface area (TPSA) is 113 Å². The Bertz CT molecular complexity index is 1220. The Morgan fingerprint density at radius 3 is 2.67 bits per heavy atom. The highest BCUT2D eigenvalue weighted by atomic mass is 19.3. The lowest BCUT2D eigenvalue weighted by Crippen LogP contribution is -2.29. The molecule has 0 aliphatic carbocycles. The largest absolute Gasteiger partial charge is 0.356 e. The minimum absolute atomic E-state index is 0.00301. The Labute approximate surface area is 187 Å². The van der Waals surface area contributed by atoms with Gasteiger partial charge in [-0.3, -0.25) is 10.1 Å². The van der Waals surface area contributed by atoms with E-state index in [4.69, 9.17) is 5.73 Å². The molecule has 3 aromatic rings. The molecule has 2 aromatic heterocycles. The second kappa shape index (κ2) is 8.93. The van der Waals surface area contributed by atoms with Crippen molar-refractivity contribution in [1.82, 2.24) is 9.97 Å². The van der Waals surface area contributed by atoms with Crippen LogP contribution in [0.3, 0.4) is 0 Å². The van der Waals surface area contributed by atoms with Crippen molar-refractivity contribution in [2.45, 2.75) is 25.2 Å². The lowest BCUT2D eigenvalue weighted by Gasteiger charge is -2.24. The summed E-state index contributed by atoms with van der Waals surface area (Å²) in [7, 11) is 0. The van der Waals surface area contributed by atoms with Crippen LogP contribution in [0.5, 0.6) is 0 Å². The van der Waals surface area contributed by atoms with Crippen LogP contribution in [0, 0.1) is 5.82 Å². The first kappa shape index (κ1) is 22.3. The molecule has 1 fully saturated rings. The third-order valence-electron chi connectivity index (χ3n) is 5.29. The van der Waals surface area contributed by atoms with Crippen LogP contribution >= 0.6 is 0 Å². The molecule has 0 radical (unpaired) electrons. The fourth-order valence-corrected chi connectivity index (χ4v) is 3.72. The molecule has 8 nitrogen and oxygen atoms in total. The summed E-state index contributed by atoms with van der Waals surface area (Å²) in [4.78, 5) is 34.3. The summed E-state index contributed by atoms with van der Waals surface area (Å²) in [5.74, 6) is -3.49. The standard InChI is InChI=1S/C22H21F3N6O2/c23-14-3-2-13-10-16(20(32)28-15-4-7-27-18(12-15)30-21(26)33)19(29-17(13)11-14)31-8-1-5-22(24,25)6-9-31/h2-4,7,10-12H,1,5-6,8-9H2,(H4,26,27,28,30,32,33). The smallest absolute Gasteiger partial charge is 0.317 e. The molecule has 1 aliphatic heterocycles. The molecule has 0 saturated carbocycles. The van der Waals surface area contributed by atoms with Crippen LogP contribution in [0.1, 0.15) is 29.6 Å². The van der Waals surface area contributed by atoms with Gasteiger partial charge in [-0.15, -0.1) is 0 Å². The quantitative estimate of drug-likeness (QED) is 0.544. The molecule has 172 valence electrons. The first-order valence-electron chi connectivity index (χ1n) is 10.3. The zero-order valence-electron chi connectivity index (χ0n) is 17.4. The molecule has 33 heavy (non-hydrogen) atoms. The van der Waals surface area contributed by atoms with Gasteiger partial charge in [-0.25, -0.2) is 27.9 Å². The molecule has 0 unspecified atom stereocenters. The van der Waals surface area contributed by atoms with Gasteiger partial charge < -0.3 is 16.0 Å². The number of nitrogens with two attached hydrogens (primary N) is 1. The number of carbonyl (C=O) groups is 2. The van der Waals surface area contributed by atoms with Crippen LogP contribution in [0.15, 0.2) is 42.6 Å². The Morgan fingerprint density at radius 2 is 1.88 bits per heavy atom. The van der Waals surface area contributed by atoms with Crippen LogP contribution < -0.4 is 21.3 Å². The molecular formula is C22H21F3N6O2. The normalized spacial score (nSPS) is 15.7. The molecule has 1 saturated heterocycles. The van der Waals surface area contributed by atoms with Gasteiger partial charge in [0.25, 0.3) is 5.91 Å². The Hall–Kier alpha value is -3.89. The number of halogens is 3. The van der Waals surface area contributed by atoms with E-state index in [9.17, 15) is 22.8 Å². The number of urea groups is 1. The van der Waals surface area contributed by atoms with Crippen molar-refractivity contribution in [1.29, 1.82) is 0 Å². The van der Waals surface area contributed by atoms with Crippen LogP contribution in [-0.2, 0) is 0 Å². The number of hydrogen-bond donors (Lipinski definition) is 3. The van der Waals surface area contributed by atoms with Crippen molar-refractivity contribution in [2.24, 2.45) is 5.73 Å². The zero-order chi connectivity index (χ0) is 23.6. The van der Waals surface area contributed by atoms with Gasteiger partial charge >= 0.3 is 6.03 Å². The fourth-order valence-electron chi connectivity index (χ4n) is 3.72. The predicted molar refractivity (Wildman–Crippen MR) is 118 cm³/mol. The van der Waals surface area contributed by atoms with Crippen LogP contribution in [-0.4, -0.2) is 40.9 Å². The monoisotopic (exact) mass is 458 g/mol. The lowest BCUT2D eigenvalue weighted by molar-refractivity contribution is -0.0102. The highest BCUT2D eigenvalue weighted by Crippen LogP contribution is 2.32. The van der Waals surface area contributed by atoms with Gasteiger partial charge in [0.05, 0.1) is 11.1 Å². The first-order chi connectivity index (χ1) is 15.7. The van der Waals surface area contributed by atoms with E-state index >= 15 is 0 Å². The number of aromatic nitrogens is 2. The summed E-state index contributed by atoms with van der Waals surface area (Å²) in [6.45, 7) is 0.286. The maximum Gasteiger partial charge on any atom is 0.317 e. The number of carbonyl (C=O) groups excluding carboxylic acids is 2. The van der Waals surface area contributed by atoms with E-state index in [1.807, 2.05) is 0 Å². The summed E-state index contributed by atoms with van der Waals surface area (Å²) in [6.07, 6.45) is 0.979. The van der Waals surface area contributed by atoms with Gasteiger partial charge in [0.2, 0.25) is 5.92 Å². The van der Waals surface area contributed by atoms with Crippen molar-refractivity contribution in [3.63, 3.8) is 0 Å². The molecule has 0 bridgehead atoms. The molecule has 4 N–H and O–H groups in total. The van der Waals surface area contributed by atoms with E-state index in [1.54, 1.807) is 11.0 Å². The zero-order valence-corrected chi connectivity index (χ0v) is 17.4. The number of anilines is 3. The van der Waals surface area contributed by atoms with Crippen molar-refractivity contribution < 1.29 is 22.8 Å². The summed E-state index contributed by atoms with van der Waals surface area (Å²) in [6, 6.07) is 7.66. The average molecular weight is 458 g/mol. The third-order valence-corrected chi connectivity index (χ3v) is 5.29. The number of rotatable bonds is 4. The van der Waals surface area contributed by atoms with E-state index in [2.05, 4.69) is 20.6 Å². The van der Waals surface area contributed by atoms with E-state index < -0.39 is 23.7 Å². The van der Waals surface area contributed by atoms with Crippen LogP contribution in [0.2, 0.25) is 0 Å². The number of fused-ring (bicyclic) bond motifs is 1. The van der Waals surface area contributed by atoms with Crippen molar-refractivity contribution in [3.05, 3.63) is 54.0 Å². The second-order valence-electron chi connectivity index (χ2n) is 7.77. The molecule has 3 amide bonds. The summed E-state index contributed by atoms with van der Waals surface area (Å²) < 4.78 is 41.6. The summed E-state index contributed by atoms with van der Waals surface area (Å²) >= 11 is 0. The number of primary amides is 1. The number of nitrogens with one attached hydrogen (secondary N) is 2. The van der Waals surface area contributed by atoms with Gasteiger partial charge in [0.1, 0.15) is 17.5 Å². The van der Waals surface area contributed by atoms with Gasteiger partial charge in [-0.1, -0.05) is 0 Å². The number of alkyl halides is 2. The molecule has 11 heteroatoms. The van der Waals surface area contributed by atoms with E-state index in [-0.39, 0.29) is 49.6 Å². The van der Waals surface area contributed by atoms with E-state index in [0.29, 0.717) is 16.6 Å². The lowest BCUT2D eigenvalue weighted by atomic mass is 10.1. The molecule has 1 aliphatic rings. The molecule has 4 rings (SSSR count). The number of nitrogens with zero attached hydrogens (tertiary/aromatic N) is 3. The molecule has 1 aromatic carbocycles. The van der Waals surface area contributed by atoms with Gasteiger partial charge in [-0.2, -0.15) is 0 Å². The maximum atomic E-state index is 13.9. The molecule has 3 heterocycles. The highest BCUT2D eigenvalue weighted by Gasteiger charge is 2.33. The molecular weight excluding hydrogens is 437 g/mol. The Balaban J connectivity index is 1.70. The Kier molecular flexibility index (Phi) is 6.03. The number of amides is 3. The van der Waals surface area contributed by atoms with Crippen molar-refractivity contribution in [2.75, 3.05) is 28.6 Å². The van der Waals surface area contributed by atoms with Crippen molar-refractivity contribution >= 4 is 40.2 Å². The number of pyridine rings is 2. The third kappa shape index (κ3) is 5.30. The van der Waals surface area contributed by atoms with Gasteiger partial charge in [-0.05, 0) is 30.7 Å². The second-order valence-corrected chi connectivity index (χ2v) is 7.77. The average Bonchev–Trinajstić information content (AvgIpc) is 2.93. The van der Waals surface area contributed by atoms with Gasteiger partial charge in [0, 0.05) is 55.3 Å². The number of benzene rings is 1. The van der Waals surface area contributed by atoms with Crippen LogP contribution in [0.4, 0.5) is 35.3 Å². The van der Waals surface area contributed by atoms with Crippen molar-refractivity contribution in [3.8, 4) is 0 Å². The Morgan fingerprint density at radius 1 is 1.06 bits per heavy atom. The SMILES string of the molecule is NC(=O)Nc1cc(NC(=O)c2cc3ccc(F)cc3nc2N2CCCC(F)(F)CC2)ccn1. The fraction of sp³-hybridized carbons (Fsp3) is 0.273. The summed E-state index contributed by atoms with van der Waals surface area (Å²) in [5, 5.41) is 5.54. The molecule has 0 spiro atoms. The summed E-state index contributed by atoms with van der Waals surface area (Å²) in [5.41, 5.74) is 5.89. The minimum Gasteiger partial charge on any atom is -0.356 e. The maximum absolute atomic E-state index is 13.9. The first-order valence-corrected chi connectivity index (χ1v) is 10.3. The number of hydrogen-bond acceptors (Lipinski definition) is 5. The predicted octanol–water partition coefficient (Wildman–Crippen LogP) is 4.14. The highest BCUT2D eigenvalue weighted by molar-refractivity contribution is 6.09. The van der Waals surface area contributed by atoms with E-state index in [0.717, 1.165) is 0 Å². The van der Waals surface area contributed by atoms with Crippen LogP contribution in [0.25, 0.3) is 10.9 Å². The van der Waals surface area contributed by atoms with E-state index in [1.165, 1.54) is 36.5 Å².